The maximum Gasteiger partial charge on any atom is 0.207 e. The number of hydrogen-bond acceptors (Lipinski definition) is 2. The molecule has 0 radical (unpaired) electrons. The minimum Gasteiger partial charge on any atom is -0.358 e. The zero-order valence-electron chi connectivity index (χ0n) is 7.46. The molecule has 12 heavy (non-hydrogen) atoms. The fourth-order valence-corrected chi connectivity index (χ4v) is 1.89. The summed E-state index contributed by atoms with van der Waals surface area (Å²) >= 11 is 0. The molecule has 0 atom stereocenters. The van der Waals surface area contributed by atoms with E-state index in [-0.39, 0.29) is 0 Å². The van der Waals surface area contributed by atoms with E-state index in [4.69, 9.17) is 5.73 Å². The van der Waals surface area contributed by atoms with Gasteiger partial charge in [0.05, 0.1) is 0 Å². The molecular formula is C9H18N2O. The van der Waals surface area contributed by atoms with E-state index in [0.717, 1.165) is 25.4 Å². The van der Waals surface area contributed by atoms with Gasteiger partial charge in [0.1, 0.15) is 0 Å². The molecule has 0 aromatic rings. The van der Waals surface area contributed by atoms with Crippen LogP contribution < -0.4 is 11.1 Å². The summed E-state index contributed by atoms with van der Waals surface area (Å²) in [5.74, 6) is 1.43. The van der Waals surface area contributed by atoms with Crippen molar-refractivity contribution >= 4 is 6.41 Å². The second-order valence-corrected chi connectivity index (χ2v) is 3.65. The first-order valence-corrected chi connectivity index (χ1v) is 4.74. The van der Waals surface area contributed by atoms with Crippen molar-refractivity contribution < 1.29 is 4.79 Å². The van der Waals surface area contributed by atoms with Crippen LogP contribution in [-0.4, -0.2) is 19.5 Å². The Balaban J connectivity index is 2.12. The smallest absolute Gasteiger partial charge is 0.207 e. The van der Waals surface area contributed by atoms with Gasteiger partial charge in [-0.1, -0.05) is 0 Å². The Bertz CT molecular complexity index is 130. The van der Waals surface area contributed by atoms with E-state index in [1.54, 1.807) is 0 Å². The van der Waals surface area contributed by atoms with Crippen LogP contribution >= 0.6 is 0 Å². The predicted octanol–water partition coefficient (Wildman–Crippen LogP) is 0.497. The first-order valence-electron chi connectivity index (χ1n) is 4.74. The molecule has 0 aromatic heterocycles. The third kappa shape index (κ3) is 2.81. The number of rotatable bonds is 4. The monoisotopic (exact) mass is 170 g/mol. The van der Waals surface area contributed by atoms with Crippen LogP contribution in [0.15, 0.2) is 0 Å². The molecule has 1 fully saturated rings. The molecule has 0 saturated heterocycles. The fraction of sp³-hybridized carbons (Fsp3) is 0.889. The summed E-state index contributed by atoms with van der Waals surface area (Å²) < 4.78 is 0. The first-order chi connectivity index (χ1) is 5.86. The lowest BCUT2D eigenvalue weighted by Crippen LogP contribution is -2.27. The SMILES string of the molecule is NCC1CCC(CNC=O)CC1. The summed E-state index contributed by atoms with van der Waals surface area (Å²) in [5, 5.41) is 2.74. The number of amides is 1. The average Bonchev–Trinajstić information content (AvgIpc) is 2.15. The highest BCUT2D eigenvalue weighted by Gasteiger charge is 2.19. The molecule has 1 aliphatic carbocycles. The van der Waals surface area contributed by atoms with Gasteiger partial charge in [-0.15, -0.1) is 0 Å². The van der Waals surface area contributed by atoms with E-state index in [0.29, 0.717) is 5.92 Å². The zero-order valence-corrected chi connectivity index (χ0v) is 7.46. The van der Waals surface area contributed by atoms with E-state index in [1.165, 1.54) is 25.7 Å². The summed E-state index contributed by atoms with van der Waals surface area (Å²) in [7, 11) is 0. The maximum atomic E-state index is 10.0. The molecule has 1 rings (SSSR count). The van der Waals surface area contributed by atoms with E-state index < -0.39 is 0 Å². The van der Waals surface area contributed by atoms with Gasteiger partial charge in [0, 0.05) is 6.54 Å². The lowest BCUT2D eigenvalue weighted by Gasteiger charge is -2.27. The Hall–Kier alpha value is -0.570. The van der Waals surface area contributed by atoms with Crippen molar-refractivity contribution in [2.45, 2.75) is 25.7 Å². The van der Waals surface area contributed by atoms with Crippen LogP contribution in [0.3, 0.4) is 0 Å². The minimum absolute atomic E-state index is 0.693. The van der Waals surface area contributed by atoms with Crippen molar-refractivity contribution in [3.8, 4) is 0 Å². The summed E-state index contributed by atoms with van der Waals surface area (Å²) in [6.07, 6.45) is 5.71. The molecule has 3 heteroatoms. The van der Waals surface area contributed by atoms with Crippen LogP contribution in [0, 0.1) is 11.8 Å². The van der Waals surface area contributed by atoms with Gasteiger partial charge in [-0.05, 0) is 44.1 Å². The van der Waals surface area contributed by atoms with E-state index in [2.05, 4.69) is 5.32 Å². The van der Waals surface area contributed by atoms with Gasteiger partial charge in [-0.2, -0.15) is 0 Å². The van der Waals surface area contributed by atoms with Crippen LogP contribution in [0.5, 0.6) is 0 Å². The first kappa shape index (κ1) is 9.52. The van der Waals surface area contributed by atoms with Crippen LogP contribution in [0.2, 0.25) is 0 Å². The van der Waals surface area contributed by atoms with Gasteiger partial charge in [-0.25, -0.2) is 0 Å². The molecule has 1 aliphatic rings. The second-order valence-electron chi connectivity index (χ2n) is 3.65. The number of hydrogen-bond donors (Lipinski definition) is 2. The molecule has 0 unspecified atom stereocenters. The Morgan fingerprint density at radius 1 is 1.25 bits per heavy atom. The van der Waals surface area contributed by atoms with Gasteiger partial charge in [0.15, 0.2) is 0 Å². The lowest BCUT2D eigenvalue weighted by atomic mass is 9.82. The molecule has 0 heterocycles. The van der Waals surface area contributed by atoms with E-state index >= 15 is 0 Å². The molecule has 0 bridgehead atoms. The van der Waals surface area contributed by atoms with Gasteiger partial charge in [0.2, 0.25) is 6.41 Å². The molecule has 70 valence electrons. The van der Waals surface area contributed by atoms with Crippen molar-refractivity contribution in [1.82, 2.24) is 5.32 Å². The highest BCUT2D eigenvalue weighted by atomic mass is 16.1. The average molecular weight is 170 g/mol. The number of nitrogens with one attached hydrogen (secondary N) is 1. The molecule has 0 aliphatic heterocycles. The van der Waals surface area contributed by atoms with Crippen molar-refractivity contribution in [1.29, 1.82) is 0 Å². The molecule has 1 amide bonds. The van der Waals surface area contributed by atoms with Gasteiger partial charge in [0.25, 0.3) is 0 Å². The van der Waals surface area contributed by atoms with Crippen LogP contribution in [0.4, 0.5) is 0 Å². The van der Waals surface area contributed by atoms with Gasteiger partial charge in [-0.3, -0.25) is 4.79 Å². The van der Waals surface area contributed by atoms with Crippen molar-refractivity contribution in [2.75, 3.05) is 13.1 Å². The van der Waals surface area contributed by atoms with Gasteiger partial charge < -0.3 is 11.1 Å². The van der Waals surface area contributed by atoms with E-state index in [1.807, 2.05) is 0 Å². The standard InChI is InChI=1S/C9H18N2O/c10-5-8-1-3-9(4-2-8)6-11-7-12/h7-9H,1-6,10H2,(H,11,12). The zero-order chi connectivity index (χ0) is 8.81. The summed E-state index contributed by atoms with van der Waals surface area (Å²) in [6, 6.07) is 0. The predicted molar refractivity (Wildman–Crippen MR) is 48.6 cm³/mol. The normalized spacial score (nSPS) is 29.8. The number of carbonyl (C=O) groups excluding carboxylic acids is 1. The van der Waals surface area contributed by atoms with E-state index in [9.17, 15) is 4.79 Å². The van der Waals surface area contributed by atoms with Crippen molar-refractivity contribution in [3.63, 3.8) is 0 Å². The Morgan fingerprint density at radius 3 is 2.33 bits per heavy atom. The maximum absolute atomic E-state index is 10.0. The highest BCUT2D eigenvalue weighted by molar-refractivity contribution is 5.45. The fourth-order valence-electron chi connectivity index (χ4n) is 1.89. The van der Waals surface area contributed by atoms with Crippen LogP contribution in [-0.2, 0) is 4.79 Å². The second kappa shape index (κ2) is 5.14. The Labute approximate surface area is 73.7 Å². The molecule has 1 saturated carbocycles. The third-order valence-electron chi connectivity index (χ3n) is 2.79. The Morgan fingerprint density at radius 2 is 1.83 bits per heavy atom. The Kier molecular flexibility index (Phi) is 4.08. The van der Waals surface area contributed by atoms with Crippen molar-refractivity contribution in [2.24, 2.45) is 17.6 Å². The van der Waals surface area contributed by atoms with Crippen LogP contribution in [0.1, 0.15) is 25.7 Å². The highest BCUT2D eigenvalue weighted by Crippen LogP contribution is 2.27. The molecule has 3 nitrogen and oxygen atoms in total. The minimum atomic E-state index is 0.693. The number of nitrogens with two attached hydrogens (primary N) is 1. The molecular weight excluding hydrogens is 152 g/mol. The summed E-state index contributed by atoms with van der Waals surface area (Å²) in [4.78, 5) is 10.0. The lowest BCUT2D eigenvalue weighted by molar-refractivity contribution is -0.109. The third-order valence-corrected chi connectivity index (χ3v) is 2.79. The number of carbonyl (C=O) groups is 1. The molecule has 0 aromatic carbocycles. The topological polar surface area (TPSA) is 55.1 Å². The van der Waals surface area contributed by atoms with Crippen molar-refractivity contribution in [3.05, 3.63) is 0 Å². The largest absolute Gasteiger partial charge is 0.358 e. The van der Waals surface area contributed by atoms with Crippen LogP contribution in [0.25, 0.3) is 0 Å². The summed E-state index contributed by atoms with van der Waals surface area (Å²) in [5.41, 5.74) is 5.58. The van der Waals surface area contributed by atoms with Gasteiger partial charge >= 0.3 is 0 Å². The molecule has 3 N–H and O–H groups in total. The molecule has 0 spiro atoms. The quantitative estimate of drug-likeness (QED) is 0.604. The summed E-state index contributed by atoms with van der Waals surface area (Å²) in [6.45, 7) is 1.68.